The van der Waals surface area contributed by atoms with E-state index in [9.17, 15) is 4.79 Å². The Kier molecular flexibility index (Phi) is 4.23. The number of aryl methyl sites for hydroxylation is 1. The van der Waals surface area contributed by atoms with Gasteiger partial charge in [-0.3, -0.25) is 9.89 Å². The summed E-state index contributed by atoms with van der Waals surface area (Å²) >= 11 is 1.55. The number of fused-ring (bicyclic) bond motifs is 1. The molecular weight excluding hydrogens is 336 g/mol. The lowest BCUT2D eigenvalue weighted by atomic mass is 10.2. The van der Waals surface area contributed by atoms with E-state index in [4.69, 9.17) is 4.74 Å². The molecule has 1 aliphatic carbocycles. The van der Waals surface area contributed by atoms with Gasteiger partial charge in [0, 0.05) is 22.3 Å². The molecule has 7 heteroatoms. The molecule has 0 saturated heterocycles. The quantitative estimate of drug-likeness (QED) is 0.738. The molecule has 0 radical (unpaired) electrons. The lowest BCUT2D eigenvalue weighted by molar-refractivity contribution is 0.0945. The number of benzene rings is 1. The molecule has 0 fully saturated rings. The molecule has 0 spiro atoms. The molecule has 1 aromatic carbocycles. The predicted octanol–water partition coefficient (Wildman–Crippen LogP) is 2.96. The van der Waals surface area contributed by atoms with E-state index >= 15 is 0 Å². The lowest BCUT2D eigenvalue weighted by Crippen LogP contribution is -2.23. The smallest absolute Gasteiger partial charge is 0.272 e. The topological polar surface area (TPSA) is 79.9 Å². The molecule has 2 aromatic heterocycles. The van der Waals surface area contributed by atoms with Crippen molar-refractivity contribution in [3.05, 3.63) is 52.3 Å². The average Bonchev–Trinajstić information content (AvgIpc) is 3.36. The first kappa shape index (κ1) is 15.8. The number of carbonyl (C=O) groups is 1. The molecule has 0 atom stereocenters. The van der Waals surface area contributed by atoms with Crippen molar-refractivity contribution in [2.75, 3.05) is 7.11 Å². The van der Waals surface area contributed by atoms with Gasteiger partial charge in [0.1, 0.15) is 10.8 Å². The van der Waals surface area contributed by atoms with Crippen LogP contribution in [0.3, 0.4) is 0 Å². The van der Waals surface area contributed by atoms with E-state index in [1.165, 1.54) is 0 Å². The predicted molar refractivity (Wildman–Crippen MR) is 95.9 cm³/mol. The highest BCUT2D eigenvalue weighted by Crippen LogP contribution is 2.32. The third-order valence-electron chi connectivity index (χ3n) is 4.34. The monoisotopic (exact) mass is 354 g/mol. The first-order valence-corrected chi connectivity index (χ1v) is 9.00. The normalized spacial score (nSPS) is 12.8. The Morgan fingerprint density at radius 1 is 1.36 bits per heavy atom. The number of ether oxygens (including phenoxy) is 1. The molecule has 0 saturated carbocycles. The van der Waals surface area contributed by atoms with Gasteiger partial charge in [-0.25, -0.2) is 4.98 Å². The molecule has 2 N–H and O–H groups in total. The van der Waals surface area contributed by atoms with Gasteiger partial charge in [0.05, 0.1) is 19.2 Å². The number of hydrogen-bond donors (Lipinski definition) is 2. The van der Waals surface area contributed by atoms with Gasteiger partial charge in [-0.2, -0.15) is 5.10 Å². The van der Waals surface area contributed by atoms with Gasteiger partial charge < -0.3 is 10.1 Å². The molecule has 128 valence electrons. The number of aromatic amines is 1. The molecule has 0 aliphatic heterocycles. The summed E-state index contributed by atoms with van der Waals surface area (Å²) in [5.41, 5.74) is 3.65. The maximum Gasteiger partial charge on any atom is 0.272 e. The number of aromatic nitrogens is 3. The third-order valence-corrected chi connectivity index (χ3v) is 5.37. The summed E-state index contributed by atoms with van der Waals surface area (Å²) in [5, 5.41) is 10.9. The van der Waals surface area contributed by atoms with Crippen LogP contribution in [-0.2, 0) is 19.4 Å². The number of nitrogens with one attached hydrogen (secondary N) is 2. The van der Waals surface area contributed by atoms with Crippen molar-refractivity contribution < 1.29 is 9.53 Å². The highest BCUT2D eigenvalue weighted by molar-refractivity contribution is 7.15. The lowest BCUT2D eigenvalue weighted by Gasteiger charge is -2.04. The zero-order valence-corrected chi connectivity index (χ0v) is 14.7. The summed E-state index contributed by atoms with van der Waals surface area (Å²) in [4.78, 5) is 17.8. The van der Waals surface area contributed by atoms with Gasteiger partial charge >= 0.3 is 0 Å². The van der Waals surface area contributed by atoms with Gasteiger partial charge in [0.15, 0.2) is 5.69 Å². The molecule has 6 nitrogen and oxygen atoms in total. The van der Waals surface area contributed by atoms with E-state index in [0.717, 1.165) is 51.7 Å². The number of amides is 1. The Balaban J connectivity index is 1.45. The van der Waals surface area contributed by atoms with Gasteiger partial charge in [0.25, 0.3) is 5.91 Å². The van der Waals surface area contributed by atoms with Crippen molar-refractivity contribution >= 4 is 17.2 Å². The third kappa shape index (κ3) is 3.02. The van der Waals surface area contributed by atoms with Crippen LogP contribution in [0.2, 0.25) is 0 Å². The number of H-pyrrole nitrogens is 1. The van der Waals surface area contributed by atoms with Gasteiger partial charge in [-0.05, 0) is 31.4 Å². The number of thiazole rings is 1. The largest absolute Gasteiger partial charge is 0.496 e. The molecular formula is C18H18N4O2S. The summed E-state index contributed by atoms with van der Waals surface area (Å²) in [6.45, 7) is 0.438. The van der Waals surface area contributed by atoms with Gasteiger partial charge in [0.2, 0.25) is 0 Å². The Morgan fingerprint density at radius 2 is 2.24 bits per heavy atom. The fraction of sp³-hybridized carbons (Fsp3) is 0.278. The maximum absolute atomic E-state index is 12.4. The maximum atomic E-state index is 12.4. The van der Waals surface area contributed by atoms with Crippen LogP contribution < -0.4 is 10.1 Å². The van der Waals surface area contributed by atoms with E-state index in [-0.39, 0.29) is 5.91 Å². The van der Waals surface area contributed by atoms with Crippen molar-refractivity contribution in [2.24, 2.45) is 0 Å². The standard InChI is InChI=1S/C18H18N4O2S/c1-24-15-8-3-2-5-13(15)18-20-10-11(25-18)9-19-17(23)16-12-6-4-7-14(12)21-22-16/h2-3,5,8,10H,4,6-7,9H2,1H3,(H,19,23)(H,21,22). The number of carbonyl (C=O) groups excluding carboxylic acids is 1. The Labute approximate surface area is 149 Å². The highest BCUT2D eigenvalue weighted by Gasteiger charge is 2.22. The van der Waals surface area contributed by atoms with Crippen LogP contribution in [0, 0.1) is 0 Å². The van der Waals surface area contributed by atoms with Gasteiger partial charge in [-0.1, -0.05) is 12.1 Å². The number of para-hydroxylation sites is 1. The average molecular weight is 354 g/mol. The van der Waals surface area contributed by atoms with Crippen LogP contribution in [0.5, 0.6) is 5.75 Å². The first-order chi connectivity index (χ1) is 12.3. The fourth-order valence-corrected chi connectivity index (χ4v) is 3.98. The molecule has 0 bridgehead atoms. The Bertz CT molecular complexity index is 915. The van der Waals surface area contributed by atoms with Crippen LogP contribution in [0.1, 0.15) is 33.0 Å². The van der Waals surface area contributed by atoms with Crippen LogP contribution in [0.25, 0.3) is 10.6 Å². The van der Waals surface area contributed by atoms with Gasteiger partial charge in [-0.15, -0.1) is 11.3 Å². The molecule has 25 heavy (non-hydrogen) atoms. The van der Waals surface area contributed by atoms with Crippen LogP contribution in [-0.4, -0.2) is 28.2 Å². The van der Waals surface area contributed by atoms with Crippen molar-refractivity contribution in [1.82, 2.24) is 20.5 Å². The minimum atomic E-state index is -0.133. The highest BCUT2D eigenvalue weighted by atomic mass is 32.1. The second-order valence-corrected chi connectivity index (χ2v) is 7.01. The Morgan fingerprint density at radius 3 is 3.12 bits per heavy atom. The van der Waals surface area contributed by atoms with Crippen molar-refractivity contribution in [3.8, 4) is 16.3 Å². The molecule has 1 amide bonds. The van der Waals surface area contributed by atoms with Crippen molar-refractivity contribution in [1.29, 1.82) is 0 Å². The van der Waals surface area contributed by atoms with E-state index in [2.05, 4.69) is 20.5 Å². The fourth-order valence-electron chi connectivity index (χ4n) is 3.09. The van der Waals surface area contributed by atoms with Crippen LogP contribution >= 0.6 is 11.3 Å². The summed E-state index contributed by atoms with van der Waals surface area (Å²) in [6.07, 6.45) is 4.78. The molecule has 0 unspecified atom stereocenters. The minimum absolute atomic E-state index is 0.133. The molecule has 1 aliphatic rings. The zero-order valence-electron chi connectivity index (χ0n) is 13.8. The SMILES string of the molecule is COc1ccccc1-c1ncc(CNC(=O)c2n[nH]c3c2CCC3)s1. The molecule has 4 rings (SSSR count). The van der Waals surface area contributed by atoms with E-state index in [1.807, 2.05) is 24.3 Å². The van der Waals surface area contributed by atoms with Crippen LogP contribution in [0.4, 0.5) is 0 Å². The van der Waals surface area contributed by atoms with E-state index in [1.54, 1.807) is 24.6 Å². The summed E-state index contributed by atoms with van der Waals surface area (Å²) < 4.78 is 5.38. The first-order valence-electron chi connectivity index (χ1n) is 8.18. The molecule has 3 aromatic rings. The molecule has 2 heterocycles. The summed E-state index contributed by atoms with van der Waals surface area (Å²) in [5.74, 6) is 0.658. The second kappa shape index (κ2) is 6.68. The van der Waals surface area contributed by atoms with Crippen LogP contribution in [0.15, 0.2) is 30.5 Å². The van der Waals surface area contributed by atoms with E-state index < -0.39 is 0 Å². The number of hydrogen-bond acceptors (Lipinski definition) is 5. The zero-order chi connectivity index (χ0) is 17.2. The summed E-state index contributed by atoms with van der Waals surface area (Å²) in [6, 6.07) is 7.78. The van der Waals surface area contributed by atoms with Crippen molar-refractivity contribution in [3.63, 3.8) is 0 Å². The van der Waals surface area contributed by atoms with E-state index in [0.29, 0.717) is 12.2 Å². The Hall–Kier alpha value is -2.67. The minimum Gasteiger partial charge on any atom is -0.496 e. The summed E-state index contributed by atoms with van der Waals surface area (Å²) in [7, 11) is 1.65. The van der Waals surface area contributed by atoms with Crippen molar-refractivity contribution in [2.45, 2.75) is 25.8 Å². The number of methoxy groups -OCH3 is 1. The second-order valence-electron chi connectivity index (χ2n) is 5.90. The number of nitrogens with zero attached hydrogens (tertiary/aromatic N) is 2. The number of rotatable bonds is 5.